The zero-order valence-electron chi connectivity index (χ0n) is 8.74. The number of likely N-dealkylation sites (N-methyl/N-ethyl adjacent to an activating group) is 1. The fourth-order valence-corrected chi connectivity index (χ4v) is 1.32. The standard InChI is InChI=1S/C10H13BrN2O2/c1-3-15-10(14)7-13(2)8-4-5-9(11)12-6-8/h4-6H,3,7H2,1-2H3. The summed E-state index contributed by atoms with van der Waals surface area (Å²) in [5.74, 6) is -0.233. The number of hydrogen-bond acceptors (Lipinski definition) is 4. The first kappa shape index (κ1) is 12.0. The molecule has 0 aliphatic carbocycles. The molecule has 0 bridgehead atoms. The van der Waals surface area contributed by atoms with Gasteiger partial charge in [-0.25, -0.2) is 4.98 Å². The van der Waals surface area contributed by atoms with Crippen LogP contribution < -0.4 is 4.90 Å². The molecule has 0 atom stereocenters. The topological polar surface area (TPSA) is 42.4 Å². The molecule has 1 rings (SSSR count). The second-order valence-corrected chi connectivity index (χ2v) is 3.81. The van der Waals surface area contributed by atoms with Gasteiger partial charge in [-0.2, -0.15) is 0 Å². The number of rotatable bonds is 4. The van der Waals surface area contributed by atoms with Crippen molar-refractivity contribution in [2.45, 2.75) is 6.92 Å². The van der Waals surface area contributed by atoms with Gasteiger partial charge < -0.3 is 9.64 Å². The predicted octanol–water partition coefficient (Wildman–Crippen LogP) is 1.84. The van der Waals surface area contributed by atoms with Crippen LogP contribution in [0.4, 0.5) is 5.69 Å². The Bertz CT molecular complexity index is 327. The number of hydrogen-bond donors (Lipinski definition) is 0. The second-order valence-electron chi connectivity index (χ2n) is 3.00. The summed E-state index contributed by atoms with van der Waals surface area (Å²) >= 11 is 3.25. The van der Waals surface area contributed by atoms with Gasteiger partial charge in [0.25, 0.3) is 0 Å². The van der Waals surface area contributed by atoms with E-state index in [0.29, 0.717) is 6.61 Å². The van der Waals surface area contributed by atoms with Gasteiger partial charge in [-0.3, -0.25) is 4.79 Å². The molecule has 1 aromatic rings. The third kappa shape index (κ3) is 3.87. The van der Waals surface area contributed by atoms with Gasteiger partial charge in [0.05, 0.1) is 18.5 Å². The molecule has 0 radical (unpaired) electrons. The number of ether oxygens (including phenoxy) is 1. The summed E-state index contributed by atoms with van der Waals surface area (Å²) in [4.78, 5) is 17.1. The monoisotopic (exact) mass is 272 g/mol. The lowest BCUT2D eigenvalue weighted by atomic mass is 10.4. The maximum Gasteiger partial charge on any atom is 0.325 e. The van der Waals surface area contributed by atoms with E-state index in [0.717, 1.165) is 10.3 Å². The SMILES string of the molecule is CCOC(=O)CN(C)c1ccc(Br)nc1. The van der Waals surface area contributed by atoms with Crippen LogP contribution in [0, 0.1) is 0 Å². The zero-order valence-corrected chi connectivity index (χ0v) is 10.3. The number of carbonyl (C=O) groups excluding carboxylic acids is 1. The lowest BCUT2D eigenvalue weighted by Crippen LogP contribution is -2.27. The molecule has 1 heterocycles. The van der Waals surface area contributed by atoms with Crippen LogP contribution in [0.2, 0.25) is 0 Å². The lowest BCUT2D eigenvalue weighted by Gasteiger charge is -2.17. The van der Waals surface area contributed by atoms with Crippen LogP contribution in [0.25, 0.3) is 0 Å². The van der Waals surface area contributed by atoms with E-state index in [-0.39, 0.29) is 12.5 Å². The fraction of sp³-hybridized carbons (Fsp3) is 0.400. The first-order valence-corrected chi connectivity index (χ1v) is 5.41. The molecule has 15 heavy (non-hydrogen) atoms. The Kier molecular flexibility index (Phi) is 4.55. The fourth-order valence-electron chi connectivity index (χ4n) is 1.09. The number of nitrogens with zero attached hydrogens (tertiary/aromatic N) is 2. The number of pyridine rings is 1. The van der Waals surface area contributed by atoms with Gasteiger partial charge in [-0.15, -0.1) is 0 Å². The lowest BCUT2D eigenvalue weighted by molar-refractivity contribution is -0.141. The van der Waals surface area contributed by atoms with Crippen molar-refractivity contribution in [1.29, 1.82) is 0 Å². The van der Waals surface area contributed by atoms with Gasteiger partial charge in [-0.1, -0.05) is 0 Å². The van der Waals surface area contributed by atoms with E-state index in [2.05, 4.69) is 20.9 Å². The van der Waals surface area contributed by atoms with Crippen LogP contribution in [0.5, 0.6) is 0 Å². The summed E-state index contributed by atoms with van der Waals surface area (Å²) in [6, 6.07) is 3.72. The molecular formula is C10H13BrN2O2. The van der Waals surface area contributed by atoms with Crippen LogP contribution in [-0.2, 0) is 9.53 Å². The molecule has 0 amide bonds. The Balaban J connectivity index is 2.57. The molecule has 0 saturated heterocycles. The van der Waals surface area contributed by atoms with E-state index in [4.69, 9.17) is 4.74 Å². The minimum Gasteiger partial charge on any atom is -0.465 e. The highest BCUT2D eigenvalue weighted by molar-refractivity contribution is 9.10. The molecule has 4 nitrogen and oxygen atoms in total. The first-order chi connectivity index (χ1) is 7.13. The minimum absolute atomic E-state index is 0.233. The molecule has 0 fully saturated rings. The molecule has 0 saturated carbocycles. The summed E-state index contributed by atoms with van der Waals surface area (Å²) in [7, 11) is 1.82. The third-order valence-electron chi connectivity index (χ3n) is 1.82. The normalized spacial score (nSPS) is 9.80. The minimum atomic E-state index is -0.233. The van der Waals surface area contributed by atoms with Crippen molar-refractivity contribution in [1.82, 2.24) is 4.98 Å². The molecule has 0 aliphatic heterocycles. The average Bonchev–Trinajstić information content (AvgIpc) is 2.18. The van der Waals surface area contributed by atoms with Gasteiger partial charge in [0.2, 0.25) is 0 Å². The van der Waals surface area contributed by atoms with Crippen LogP contribution in [0.1, 0.15) is 6.92 Å². The Morgan fingerprint density at radius 3 is 2.87 bits per heavy atom. The number of esters is 1. The van der Waals surface area contributed by atoms with E-state index >= 15 is 0 Å². The van der Waals surface area contributed by atoms with E-state index < -0.39 is 0 Å². The van der Waals surface area contributed by atoms with E-state index in [9.17, 15) is 4.79 Å². The van der Waals surface area contributed by atoms with Crippen molar-refractivity contribution in [3.63, 3.8) is 0 Å². The Morgan fingerprint density at radius 1 is 1.60 bits per heavy atom. The molecular weight excluding hydrogens is 260 g/mol. The highest BCUT2D eigenvalue weighted by atomic mass is 79.9. The maximum atomic E-state index is 11.2. The van der Waals surface area contributed by atoms with Crippen LogP contribution >= 0.6 is 15.9 Å². The van der Waals surface area contributed by atoms with Gasteiger partial charge in [0.1, 0.15) is 11.1 Å². The van der Waals surface area contributed by atoms with Crippen molar-refractivity contribution in [3.8, 4) is 0 Å². The Morgan fingerprint density at radius 2 is 2.33 bits per heavy atom. The summed E-state index contributed by atoms with van der Waals surface area (Å²) in [6.07, 6.45) is 1.70. The number of halogens is 1. The Hall–Kier alpha value is -1.10. The van der Waals surface area contributed by atoms with Gasteiger partial charge >= 0.3 is 5.97 Å². The summed E-state index contributed by atoms with van der Waals surface area (Å²) in [5.41, 5.74) is 0.881. The van der Waals surface area contributed by atoms with Crippen molar-refractivity contribution in [2.75, 3.05) is 25.1 Å². The largest absolute Gasteiger partial charge is 0.465 e. The highest BCUT2D eigenvalue weighted by Gasteiger charge is 2.07. The quantitative estimate of drug-likeness (QED) is 0.620. The van der Waals surface area contributed by atoms with Gasteiger partial charge in [0.15, 0.2) is 0 Å². The summed E-state index contributed by atoms with van der Waals surface area (Å²) in [6.45, 7) is 2.43. The summed E-state index contributed by atoms with van der Waals surface area (Å²) in [5, 5.41) is 0. The molecule has 0 unspecified atom stereocenters. The Labute approximate surface area is 97.4 Å². The maximum absolute atomic E-state index is 11.2. The average molecular weight is 273 g/mol. The zero-order chi connectivity index (χ0) is 11.3. The molecule has 0 aromatic carbocycles. The van der Waals surface area contributed by atoms with Crippen molar-refractivity contribution in [2.24, 2.45) is 0 Å². The smallest absolute Gasteiger partial charge is 0.325 e. The molecule has 5 heteroatoms. The number of aromatic nitrogens is 1. The van der Waals surface area contributed by atoms with E-state index in [1.54, 1.807) is 18.0 Å². The van der Waals surface area contributed by atoms with Crippen molar-refractivity contribution in [3.05, 3.63) is 22.9 Å². The highest BCUT2D eigenvalue weighted by Crippen LogP contribution is 2.13. The van der Waals surface area contributed by atoms with Crippen molar-refractivity contribution >= 4 is 27.6 Å². The first-order valence-electron chi connectivity index (χ1n) is 4.61. The second kappa shape index (κ2) is 5.70. The van der Waals surface area contributed by atoms with Crippen LogP contribution in [0.3, 0.4) is 0 Å². The third-order valence-corrected chi connectivity index (χ3v) is 2.29. The van der Waals surface area contributed by atoms with Crippen molar-refractivity contribution < 1.29 is 9.53 Å². The number of carbonyl (C=O) groups is 1. The summed E-state index contributed by atoms with van der Waals surface area (Å²) < 4.78 is 5.62. The van der Waals surface area contributed by atoms with E-state index in [1.165, 1.54) is 0 Å². The molecule has 0 aliphatic rings. The van der Waals surface area contributed by atoms with E-state index in [1.807, 2.05) is 19.2 Å². The predicted molar refractivity (Wildman–Crippen MR) is 61.8 cm³/mol. The van der Waals surface area contributed by atoms with Gasteiger partial charge in [0, 0.05) is 7.05 Å². The van der Waals surface area contributed by atoms with Crippen LogP contribution in [-0.4, -0.2) is 31.2 Å². The number of anilines is 1. The van der Waals surface area contributed by atoms with Crippen LogP contribution in [0.15, 0.2) is 22.9 Å². The molecule has 82 valence electrons. The molecule has 0 spiro atoms. The van der Waals surface area contributed by atoms with Gasteiger partial charge in [-0.05, 0) is 35.0 Å². The molecule has 0 N–H and O–H groups in total. The molecule has 1 aromatic heterocycles.